The summed E-state index contributed by atoms with van der Waals surface area (Å²) in [5.41, 5.74) is 3.07. The summed E-state index contributed by atoms with van der Waals surface area (Å²) in [6, 6.07) is 20.0. The van der Waals surface area contributed by atoms with Crippen LogP contribution in [0.4, 0.5) is 5.69 Å². The van der Waals surface area contributed by atoms with E-state index in [1.54, 1.807) is 36.4 Å². The second-order valence-corrected chi connectivity index (χ2v) is 6.47. The van der Waals surface area contributed by atoms with E-state index in [-0.39, 0.29) is 5.91 Å². The van der Waals surface area contributed by atoms with Crippen molar-refractivity contribution in [1.82, 2.24) is 15.0 Å². The Hall–Kier alpha value is -3.38. The van der Waals surface area contributed by atoms with Crippen LogP contribution in [0.2, 0.25) is 5.02 Å². The highest BCUT2D eigenvalue weighted by molar-refractivity contribution is 6.34. The molecule has 1 aromatic heterocycles. The molecule has 1 amide bonds. The highest BCUT2D eigenvalue weighted by Gasteiger charge is 2.13. The van der Waals surface area contributed by atoms with Gasteiger partial charge >= 0.3 is 0 Å². The van der Waals surface area contributed by atoms with E-state index >= 15 is 0 Å². The number of para-hydroxylation sites is 1. The van der Waals surface area contributed by atoms with Crippen LogP contribution in [-0.4, -0.2) is 27.5 Å². The van der Waals surface area contributed by atoms with E-state index in [0.717, 1.165) is 5.69 Å². The van der Waals surface area contributed by atoms with Gasteiger partial charge < -0.3 is 10.1 Å². The number of hydrogen-bond donors (Lipinski definition) is 1. The Morgan fingerprint density at radius 3 is 2.54 bits per heavy atom. The summed E-state index contributed by atoms with van der Waals surface area (Å²) < 4.78 is 5.45. The van der Waals surface area contributed by atoms with E-state index < -0.39 is 0 Å². The maximum absolute atomic E-state index is 12.6. The van der Waals surface area contributed by atoms with Gasteiger partial charge in [-0.1, -0.05) is 35.9 Å². The Balaban J connectivity index is 1.62. The lowest BCUT2D eigenvalue weighted by Gasteiger charge is -2.08. The van der Waals surface area contributed by atoms with Crippen LogP contribution in [-0.2, 0) is 0 Å². The zero-order valence-electron chi connectivity index (χ0n) is 15.1. The molecule has 0 saturated heterocycles. The third-order valence-electron chi connectivity index (χ3n) is 4.11. The Kier molecular flexibility index (Phi) is 4.95. The minimum Gasteiger partial charge on any atom is -0.494 e. The van der Waals surface area contributed by atoms with Gasteiger partial charge in [0, 0.05) is 5.56 Å². The Morgan fingerprint density at radius 2 is 1.79 bits per heavy atom. The van der Waals surface area contributed by atoms with Crippen LogP contribution >= 0.6 is 11.6 Å². The van der Waals surface area contributed by atoms with Gasteiger partial charge in [-0.05, 0) is 49.4 Å². The van der Waals surface area contributed by atoms with Crippen molar-refractivity contribution < 1.29 is 9.53 Å². The van der Waals surface area contributed by atoms with Gasteiger partial charge in [-0.25, -0.2) is 0 Å². The molecule has 0 aliphatic carbocycles. The molecule has 0 bridgehead atoms. The number of halogens is 1. The first-order valence-corrected chi connectivity index (χ1v) is 9.18. The van der Waals surface area contributed by atoms with Crippen molar-refractivity contribution in [2.75, 3.05) is 11.9 Å². The van der Waals surface area contributed by atoms with E-state index in [2.05, 4.69) is 15.5 Å². The molecule has 4 rings (SSSR count). The van der Waals surface area contributed by atoms with Crippen LogP contribution in [0.25, 0.3) is 16.7 Å². The lowest BCUT2D eigenvalue weighted by atomic mass is 10.2. The van der Waals surface area contributed by atoms with Crippen LogP contribution in [0.5, 0.6) is 5.75 Å². The fourth-order valence-electron chi connectivity index (χ4n) is 2.80. The van der Waals surface area contributed by atoms with Gasteiger partial charge in [0.15, 0.2) is 0 Å². The van der Waals surface area contributed by atoms with Gasteiger partial charge in [-0.3, -0.25) is 4.79 Å². The van der Waals surface area contributed by atoms with Crippen molar-refractivity contribution in [1.29, 1.82) is 0 Å². The van der Waals surface area contributed by atoms with Crippen molar-refractivity contribution in [2.45, 2.75) is 6.92 Å². The van der Waals surface area contributed by atoms with Gasteiger partial charge in [0.25, 0.3) is 5.91 Å². The smallest absolute Gasteiger partial charge is 0.255 e. The second-order valence-electron chi connectivity index (χ2n) is 6.06. The van der Waals surface area contributed by atoms with Gasteiger partial charge in [0.05, 0.1) is 23.0 Å². The van der Waals surface area contributed by atoms with Crippen molar-refractivity contribution in [3.05, 3.63) is 77.3 Å². The minimum atomic E-state index is -0.279. The summed E-state index contributed by atoms with van der Waals surface area (Å²) >= 11 is 6.35. The van der Waals surface area contributed by atoms with E-state index in [0.29, 0.717) is 39.7 Å². The molecule has 0 aliphatic heterocycles. The quantitative estimate of drug-likeness (QED) is 0.533. The molecule has 6 nitrogen and oxygen atoms in total. The number of rotatable bonds is 5. The number of benzene rings is 3. The topological polar surface area (TPSA) is 69.0 Å². The van der Waals surface area contributed by atoms with Crippen LogP contribution in [0.1, 0.15) is 17.3 Å². The zero-order chi connectivity index (χ0) is 19.5. The van der Waals surface area contributed by atoms with Gasteiger partial charge in [0.1, 0.15) is 16.8 Å². The molecule has 0 spiro atoms. The van der Waals surface area contributed by atoms with Crippen LogP contribution in [0, 0.1) is 0 Å². The van der Waals surface area contributed by atoms with Crippen molar-refractivity contribution in [3.8, 4) is 11.4 Å². The number of fused-ring (bicyclic) bond motifs is 1. The Bertz CT molecular complexity index is 1140. The Morgan fingerprint density at radius 1 is 1.04 bits per heavy atom. The zero-order valence-corrected chi connectivity index (χ0v) is 15.8. The number of carbonyl (C=O) groups is 1. The molecule has 0 aliphatic rings. The number of hydrogen-bond acceptors (Lipinski definition) is 4. The number of nitrogens with zero attached hydrogens (tertiary/aromatic N) is 3. The molecule has 1 N–H and O–H groups in total. The maximum Gasteiger partial charge on any atom is 0.255 e. The summed E-state index contributed by atoms with van der Waals surface area (Å²) in [5.74, 6) is 0.362. The molecule has 1 heterocycles. The SMILES string of the molecule is CCOc1cccc(C(=O)Nc2cc3nn(-c4ccccc4)nc3cc2Cl)c1. The molecular formula is C21H17ClN4O2. The van der Waals surface area contributed by atoms with Gasteiger partial charge in [-0.15, -0.1) is 10.2 Å². The number of carbonyl (C=O) groups excluding carboxylic acids is 1. The molecule has 0 atom stereocenters. The molecule has 0 radical (unpaired) electrons. The van der Waals surface area contributed by atoms with Crippen LogP contribution < -0.4 is 10.1 Å². The molecule has 0 fully saturated rings. The monoisotopic (exact) mass is 392 g/mol. The van der Waals surface area contributed by atoms with E-state index in [9.17, 15) is 4.79 Å². The number of anilines is 1. The molecule has 140 valence electrons. The first kappa shape index (κ1) is 18.0. The molecule has 0 unspecified atom stereocenters. The largest absolute Gasteiger partial charge is 0.494 e. The number of ether oxygens (including phenoxy) is 1. The van der Waals surface area contributed by atoms with Crippen LogP contribution in [0.15, 0.2) is 66.7 Å². The average molecular weight is 393 g/mol. The van der Waals surface area contributed by atoms with Crippen LogP contribution in [0.3, 0.4) is 0 Å². The summed E-state index contributed by atoms with van der Waals surface area (Å²) in [6.45, 7) is 2.43. The van der Waals surface area contributed by atoms with Gasteiger partial charge in [-0.2, -0.15) is 4.80 Å². The second kappa shape index (κ2) is 7.70. The predicted octanol–water partition coefficient (Wildman–Crippen LogP) is 4.72. The molecule has 3 aromatic carbocycles. The first-order valence-electron chi connectivity index (χ1n) is 8.80. The Labute approximate surface area is 166 Å². The third kappa shape index (κ3) is 3.68. The highest BCUT2D eigenvalue weighted by atomic mass is 35.5. The summed E-state index contributed by atoms with van der Waals surface area (Å²) in [4.78, 5) is 14.2. The fourth-order valence-corrected chi connectivity index (χ4v) is 3.00. The molecule has 28 heavy (non-hydrogen) atoms. The molecule has 0 saturated carbocycles. The molecular weight excluding hydrogens is 376 g/mol. The first-order chi connectivity index (χ1) is 13.6. The maximum atomic E-state index is 12.6. The van der Waals surface area contributed by atoms with Crippen molar-refractivity contribution in [3.63, 3.8) is 0 Å². The molecule has 4 aromatic rings. The average Bonchev–Trinajstić information content (AvgIpc) is 3.12. The fraction of sp³-hybridized carbons (Fsp3) is 0.0952. The number of aromatic nitrogens is 3. The summed E-state index contributed by atoms with van der Waals surface area (Å²) in [6.07, 6.45) is 0. The summed E-state index contributed by atoms with van der Waals surface area (Å²) in [5, 5.41) is 12.1. The predicted molar refractivity (Wildman–Crippen MR) is 109 cm³/mol. The minimum absolute atomic E-state index is 0.279. The number of amides is 1. The summed E-state index contributed by atoms with van der Waals surface area (Å²) in [7, 11) is 0. The van der Waals surface area contributed by atoms with E-state index in [4.69, 9.17) is 16.3 Å². The van der Waals surface area contributed by atoms with E-state index in [1.165, 1.54) is 4.80 Å². The number of nitrogens with one attached hydrogen (secondary N) is 1. The van der Waals surface area contributed by atoms with Gasteiger partial charge in [0.2, 0.25) is 0 Å². The third-order valence-corrected chi connectivity index (χ3v) is 4.42. The normalized spacial score (nSPS) is 10.8. The van der Waals surface area contributed by atoms with Crippen molar-refractivity contribution in [2.24, 2.45) is 0 Å². The van der Waals surface area contributed by atoms with Crippen molar-refractivity contribution >= 4 is 34.2 Å². The molecule has 7 heteroatoms. The lowest BCUT2D eigenvalue weighted by Crippen LogP contribution is -2.12. The van der Waals surface area contributed by atoms with E-state index in [1.807, 2.05) is 37.3 Å². The highest BCUT2D eigenvalue weighted by Crippen LogP contribution is 2.27. The standard InChI is InChI=1S/C21H17ClN4O2/c1-2-28-16-10-6-7-14(11-16)21(27)23-18-13-20-19(12-17(18)22)24-26(25-20)15-8-4-3-5-9-15/h3-13H,2H2,1H3,(H,23,27). The lowest BCUT2D eigenvalue weighted by molar-refractivity contribution is 0.102.